The van der Waals surface area contributed by atoms with Gasteiger partial charge in [0.05, 0.1) is 10.2 Å². The molecule has 14 heavy (non-hydrogen) atoms. The van der Waals surface area contributed by atoms with Crippen LogP contribution in [-0.2, 0) is 0 Å². The third-order valence-electron chi connectivity index (χ3n) is 2.24. The molecule has 1 heterocycles. The highest BCUT2D eigenvalue weighted by Crippen LogP contribution is 2.23. The highest BCUT2D eigenvalue weighted by atomic mass is 32.1. The van der Waals surface area contributed by atoms with Gasteiger partial charge in [-0.1, -0.05) is 24.6 Å². The number of thiazole rings is 1. The first kappa shape index (κ1) is 9.41. The van der Waals surface area contributed by atoms with Gasteiger partial charge in [-0.05, 0) is 31.6 Å². The van der Waals surface area contributed by atoms with Crippen molar-refractivity contribution in [1.82, 2.24) is 4.98 Å². The zero-order chi connectivity index (χ0) is 9.97. The minimum absolute atomic E-state index is 1.09. The highest BCUT2D eigenvalue weighted by Gasteiger charge is 1.99. The molecule has 1 aromatic heterocycles. The number of hydrogen-bond acceptors (Lipinski definition) is 2. The number of fused-ring (bicyclic) bond motifs is 1. The van der Waals surface area contributed by atoms with Crippen molar-refractivity contribution in [2.75, 3.05) is 0 Å². The van der Waals surface area contributed by atoms with Crippen LogP contribution in [0.15, 0.2) is 29.8 Å². The minimum Gasteiger partial charge on any atom is -0.237 e. The van der Waals surface area contributed by atoms with Crippen LogP contribution in [0.1, 0.15) is 25.3 Å². The molecule has 2 rings (SSSR count). The molecule has 1 aromatic carbocycles. The second-order valence-corrected chi connectivity index (χ2v) is 4.43. The van der Waals surface area contributed by atoms with E-state index in [-0.39, 0.29) is 0 Å². The van der Waals surface area contributed by atoms with Gasteiger partial charge < -0.3 is 0 Å². The van der Waals surface area contributed by atoms with E-state index in [1.54, 1.807) is 11.3 Å². The van der Waals surface area contributed by atoms with E-state index < -0.39 is 0 Å². The number of hydrogen-bond donors (Lipinski definition) is 0. The number of nitrogens with zero attached hydrogens (tertiary/aromatic N) is 1. The molecule has 0 unspecified atom stereocenters. The first-order chi connectivity index (χ1) is 6.79. The van der Waals surface area contributed by atoms with Crippen molar-refractivity contribution < 1.29 is 0 Å². The Morgan fingerprint density at radius 3 is 2.93 bits per heavy atom. The van der Waals surface area contributed by atoms with Crippen molar-refractivity contribution in [1.29, 1.82) is 0 Å². The molecule has 0 bridgehead atoms. The Kier molecular flexibility index (Phi) is 2.64. The number of allylic oxidation sites excluding steroid dienone is 1. The molecule has 1 nitrogen and oxygen atoms in total. The van der Waals surface area contributed by atoms with Gasteiger partial charge in [-0.2, -0.15) is 0 Å². The maximum Gasteiger partial charge on any atom is 0.117 e. The second-order valence-electron chi connectivity index (χ2n) is 3.36. The normalized spacial score (nSPS) is 12.3. The van der Waals surface area contributed by atoms with Gasteiger partial charge in [0, 0.05) is 0 Å². The number of aromatic nitrogens is 1. The van der Waals surface area contributed by atoms with E-state index >= 15 is 0 Å². The monoisotopic (exact) mass is 203 g/mol. The lowest BCUT2D eigenvalue weighted by molar-refractivity contribution is 1.11. The maximum absolute atomic E-state index is 4.54. The summed E-state index contributed by atoms with van der Waals surface area (Å²) in [5.74, 6) is 0. The number of para-hydroxylation sites is 1. The van der Waals surface area contributed by atoms with Crippen molar-refractivity contribution in [3.63, 3.8) is 0 Å². The lowest BCUT2D eigenvalue weighted by atomic mass is 10.2. The largest absolute Gasteiger partial charge is 0.237 e. The van der Waals surface area contributed by atoms with Gasteiger partial charge in [-0.3, -0.25) is 0 Å². The van der Waals surface area contributed by atoms with E-state index in [2.05, 4.69) is 43.1 Å². The summed E-state index contributed by atoms with van der Waals surface area (Å²) in [6.45, 7) is 4.31. The molecule has 0 aliphatic carbocycles. The average molecular weight is 203 g/mol. The van der Waals surface area contributed by atoms with Gasteiger partial charge in [0.2, 0.25) is 0 Å². The molecule has 2 heteroatoms. The second kappa shape index (κ2) is 3.93. The van der Waals surface area contributed by atoms with Crippen LogP contribution in [0.3, 0.4) is 0 Å². The highest BCUT2D eigenvalue weighted by molar-refractivity contribution is 7.19. The van der Waals surface area contributed by atoms with Gasteiger partial charge in [0.25, 0.3) is 0 Å². The van der Waals surface area contributed by atoms with E-state index in [0.29, 0.717) is 0 Å². The third-order valence-corrected chi connectivity index (χ3v) is 3.22. The molecule has 72 valence electrons. The van der Waals surface area contributed by atoms with Gasteiger partial charge >= 0.3 is 0 Å². The van der Waals surface area contributed by atoms with Crippen LogP contribution in [0.2, 0.25) is 0 Å². The molecule has 2 aromatic rings. The predicted molar refractivity (Wildman–Crippen MR) is 63.6 cm³/mol. The average Bonchev–Trinajstić information content (AvgIpc) is 2.59. The molecule has 0 radical (unpaired) electrons. The topological polar surface area (TPSA) is 12.9 Å². The summed E-state index contributed by atoms with van der Waals surface area (Å²) in [5, 5.41) is 1.12. The first-order valence-electron chi connectivity index (χ1n) is 4.82. The Bertz CT molecular complexity index is 435. The number of benzene rings is 1. The Morgan fingerprint density at radius 2 is 2.21 bits per heavy atom. The smallest absolute Gasteiger partial charge is 0.117 e. The van der Waals surface area contributed by atoms with Gasteiger partial charge in [0.15, 0.2) is 0 Å². The van der Waals surface area contributed by atoms with Gasteiger partial charge in [0.1, 0.15) is 5.01 Å². The van der Waals surface area contributed by atoms with E-state index in [0.717, 1.165) is 16.9 Å². The van der Waals surface area contributed by atoms with Crippen LogP contribution in [0.5, 0.6) is 0 Å². The summed E-state index contributed by atoms with van der Waals surface area (Å²) in [6.07, 6.45) is 3.26. The van der Waals surface area contributed by atoms with Gasteiger partial charge in [-0.15, -0.1) is 11.3 Å². The summed E-state index contributed by atoms with van der Waals surface area (Å²) in [5.41, 5.74) is 2.48. The summed E-state index contributed by atoms with van der Waals surface area (Å²) in [4.78, 5) is 4.54. The molecule has 0 N–H and O–H groups in total. The fraction of sp³-hybridized carbons (Fsp3) is 0.250. The van der Waals surface area contributed by atoms with Crippen LogP contribution in [0.4, 0.5) is 0 Å². The van der Waals surface area contributed by atoms with Crippen LogP contribution < -0.4 is 0 Å². The summed E-state index contributed by atoms with van der Waals surface area (Å²) >= 11 is 1.75. The standard InChI is InChI=1S/C12H13NS/c1-3-9(2)8-12-13-10-6-4-5-7-11(10)14-12/h4-8H,3H2,1-2H3/b9-8-. The summed E-state index contributed by atoms with van der Waals surface area (Å²) < 4.78 is 1.27. The first-order valence-corrected chi connectivity index (χ1v) is 5.64. The van der Waals surface area contributed by atoms with Crippen LogP contribution in [0, 0.1) is 0 Å². The summed E-state index contributed by atoms with van der Waals surface area (Å²) in [7, 11) is 0. The molecular weight excluding hydrogens is 190 g/mol. The van der Waals surface area contributed by atoms with E-state index in [1.165, 1.54) is 10.3 Å². The Morgan fingerprint density at radius 1 is 1.43 bits per heavy atom. The fourth-order valence-corrected chi connectivity index (χ4v) is 2.26. The molecule has 0 atom stereocenters. The zero-order valence-corrected chi connectivity index (χ0v) is 9.27. The van der Waals surface area contributed by atoms with Crippen molar-refractivity contribution >= 4 is 27.6 Å². The molecule has 0 amide bonds. The van der Waals surface area contributed by atoms with Crippen LogP contribution >= 0.6 is 11.3 Å². The molecule has 0 fully saturated rings. The molecule has 0 aliphatic rings. The Hall–Kier alpha value is -1.15. The van der Waals surface area contributed by atoms with E-state index in [4.69, 9.17) is 0 Å². The quantitative estimate of drug-likeness (QED) is 0.715. The SMILES string of the molecule is CC/C(C)=C\c1nc2ccccc2s1. The van der Waals surface area contributed by atoms with Crippen molar-refractivity contribution in [3.05, 3.63) is 34.8 Å². The maximum atomic E-state index is 4.54. The van der Waals surface area contributed by atoms with Crippen molar-refractivity contribution in [2.24, 2.45) is 0 Å². The van der Waals surface area contributed by atoms with Crippen LogP contribution in [-0.4, -0.2) is 4.98 Å². The zero-order valence-electron chi connectivity index (χ0n) is 8.45. The predicted octanol–water partition coefficient (Wildman–Crippen LogP) is 4.11. The summed E-state index contributed by atoms with van der Waals surface area (Å²) in [6, 6.07) is 8.26. The van der Waals surface area contributed by atoms with Crippen molar-refractivity contribution in [2.45, 2.75) is 20.3 Å². The fourth-order valence-electron chi connectivity index (χ4n) is 1.26. The van der Waals surface area contributed by atoms with Gasteiger partial charge in [-0.25, -0.2) is 4.98 Å². The lowest BCUT2D eigenvalue weighted by Crippen LogP contribution is -1.72. The minimum atomic E-state index is 1.09. The van der Waals surface area contributed by atoms with Crippen LogP contribution in [0.25, 0.3) is 16.3 Å². The molecule has 0 spiro atoms. The lowest BCUT2D eigenvalue weighted by Gasteiger charge is -1.90. The van der Waals surface area contributed by atoms with E-state index in [9.17, 15) is 0 Å². The molecular formula is C12H13NS. The van der Waals surface area contributed by atoms with E-state index in [1.807, 2.05) is 6.07 Å². The number of rotatable bonds is 2. The third kappa shape index (κ3) is 1.85. The molecule has 0 saturated heterocycles. The molecule has 0 saturated carbocycles. The van der Waals surface area contributed by atoms with Crippen molar-refractivity contribution in [3.8, 4) is 0 Å². The Balaban J connectivity index is 2.45. The molecule has 0 aliphatic heterocycles. The Labute approximate surface area is 88.1 Å².